The summed E-state index contributed by atoms with van der Waals surface area (Å²) in [5.41, 5.74) is 8.99. The standard InChI is InChI=1S/C31H34N2O3S.ClH/c32-30(34)8-5-20-35-25-13-9-23(10-14-25)22-28-27-6-1-2-7-29(27)37-31(28)24-11-15-26(16-12-24)36-21-19-33-17-3-4-18-33;/h1-2,6-7,9-16H,3-5,8,17-22H2,(H2,32,34);1H. The molecule has 1 aliphatic rings. The van der Waals surface area contributed by atoms with Crippen LogP contribution >= 0.6 is 23.7 Å². The lowest BCUT2D eigenvalue weighted by molar-refractivity contribution is -0.118. The number of nitrogens with two attached hydrogens (primary N) is 1. The molecule has 38 heavy (non-hydrogen) atoms. The van der Waals surface area contributed by atoms with Crippen LogP contribution in [0.5, 0.6) is 11.5 Å². The van der Waals surface area contributed by atoms with Crippen molar-refractivity contribution in [3.63, 3.8) is 0 Å². The smallest absolute Gasteiger partial charge is 0.217 e. The number of thiophene rings is 1. The molecule has 0 spiro atoms. The van der Waals surface area contributed by atoms with E-state index in [4.69, 9.17) is 15.2 Å². The molecule has 1 aromatic heterocycles. The van der Waals surface area contributed by atoms with Crippen molar-refractivity contribution in [2.75, 3.05) is 32.8 Å². The summed E-state index contributed by atoms with van der Waals surface area (Å²) in [6.07, 6.45) is 4.43. The summed E-state index contributed by atoms with van der Waals surface area (Å²) in [6.45, 7) is 4.62. The quantitative estimate of drug-likeness (QED) is 0.199. The molecule has 1 aliphatic heterocycles. The van der Waals surface area contributed by atoms with Crippen molar-refractivity contribution in [1.29, 1.82) is 0 Å². The highest BCUT2D eigenvalue weighted by Gasteiger charge is 2.15. The predicted molar refractivity (Wildman–Crippen MR) is 159 cm³/mol. The van der Waals surface area contributed by atoms with Gasteiger partial charge in [0, 0.05) is 22.5 Å². The fraction of sp³-hybridized carbons (Fsp3) is 0.323. The van der Waals surface area contributed by atoms with Crippen molar-refractivity contribution in [2.24, 2.45) is 5.73 Å². The van der Waals surface area contributed by atoms with E-state index in [-0.39, 0.29) is 18.3 Å². The second kappa shape index (κ2) is 13.7. The van der Waals surface area contributed by atoms with Crippen molar-refractivity contribution in [3.8, 4) is 21.9 Å². The minimum Gasteiger partial charge on any atom is -0.494 e. The first-order valence-electron chi connectivity index (χ1n) is 13.1. The molecule has 0 radical (unpaired) electrons. The van der Waals surface area contributed by atoms with Gasteiger partial charge in [0.15, 0.2) is 0 Å². The van der Waals surface area contributed by atoms with Gasteiger partial charge in [-0.3, -0.25) is 9.69 Å². The maximum absolute atomic E-state index is 10.9. The molecule has 0 aliphatic carbocycles. The summed E-state index contributed by atoms with van der Waals surface area (Å²) in [4.78, 5) is 14.7. The van der Waals surface area contributed by atoms with Gasteiger partial charge in [-0.2, -0.15) is 0 Å². The van der Waals surface area contributed by atoms with Gasteiger partial charge in [0.2, 0.25) is 5.91 Å². The van der Waals surface area contributed by atoms with Crippen LogP contribution in [0.2, 0.25) is 0 Å². The van der Waals surface area contributed by atoms with E-state index in [0.717, 1.165) is 31.1 Å². The Kier molecular flexibility index (Phi) is 10.0. The number of hydrogen-bond donors (Lipinski definition) is 1. The lowest BCUT2D eigenvalue weighted by Gasteiger charge is -2.15. The van der Waals surface area contributed by atoms with E-state index in [1.54, 1.807) is 0 Å². The van der Waals surface area contributed by atoms with Gasteiger partial charge in [0.25, 0.3) is 0 Å². The second-order valence-corrected chi connectivity index (χ2v) is 10.6. The van der Waals surface area contributed by atoms with Gasteiger partial charge in [-0.05, 0) is 103 Å². The van der Waals surface area contributed by atoms with Crippen LogP contribution in [0, 0.1) is 0 Å². The second-order valence-electron chi connectivity index (χ2n) is 9.57. The van der Waals surface area contributed by atoms with E-state index in [0.29, 0.717) is 19.4 Å². The van der Waals surface area contributed by atoms with Crippen molar-refractivity contribution in [2.45, 2.75) is 32.1 Å². The predicted octanol–water partition coefficient (Wildman–Crippen LogP) is 6.70. The Morgan fingerprint density at radius 1 is 0.868 bits per heavy atom. The van der Waals surface area contributed by atoms with Crippen LogP contribution in [0.15, 0.2) is 72.8 Å². The van der Waals surface area contributed by atoms with E-state index in [2.05, 4.69) is 65.6 Å². The lowest BCUT2D eigenvalue weighted by atomic mass is 9.99. The van der Waals surface area contributed by atoms with Crippen LogP contribution in [-0.2, 0) is 11.2 Å². The zero-order valence-electron chi connectivity index (χ0n) is 21.6. The van der Waals surface area contributed by atoms with Gasteiger partial charge in [0.05, 0.1) is 6.61 Å². The minimum absolute atomic E-state index is 0. The highest BCUT2D eigenvalue weighted by atomic mass is 35.5. The van der Waals surface area contributed by atoms with Crippen molar-refractivity contribution in [3.05, 3.63) is 83.9 Å². The molecule has 1 fully saturated rings. The van der Waals surface area contributed by atoms with Crippen molar-refractivity contribution < 1.29 is 14.3 Å². The molecule has 200 valence electrons. The van der Waals surface area contributed by atoms with Crippen LogP contribution in [0.1, 0.15) is 36.8 Å². The van der Waals surface area contributed by atoms with Crippen LogP contribution in [-0.4, -0.2) is 43.7 Å². The number of carbonyl (C=O) groups is 1. The molecule has 0 unspecified atom stereocenters. The molecule has 4 aromatic rings. The molecule has 5 rings (SSSR count). The maximum atomic E-state index is 10.9. The third kappa shape index (κ3) is 7.28. The van der Waals surface area contributed by atoms with Gasteiger partial charge in [-0.1, -0.05) is 30.3 Å². The highest BCUT2D eigenvalue weighted by Crippen LogP contribution is 2.40. The topological polar surface area (TPSA) is 64.8 Å². The summed E-state index contributed by atoms with van der Waals surface area (Å²) in [7, 11) is 0. The number of amides is 1. The number of halogens is 1. The molecular formula is C31H35ClN2O3S. The Hall–Kier alpha value is -3.06. The Morgan fingerprint density at radius 3 is 2.24 bits per heavy atom. The van der Waals surface area contributed by atoms with Gasteiger partial charge < -0.3 is 15.2 Å². The van der Waals surface area contributed by atoms with Crippen LogP contribution < -0.4 is 15.2 Å². The number of hydrogen-bond acceptors (Lipinski definition) is 5. The zero-order valence-corrected chi connectivity index (χ0v) is 23.2. The largest absolute Gasteiger partial charge is 0.494 e. The van der Waals surface area contributed by atoms with E-state index in [1.807, 2.05) is 23.5 Å². The monoisotopic (exact) mass is 550 g/mol. The summed E-state index contributed by atoms with van der Waals surface area (Å²) >= 11 is 1.85. The van der Waals surface area contributed by atoms with Crippen LogP contribution in [0.4, 0.5) is 0 Å². The molecule has 0 atom stereocenters. The lowest BCUT2D eigenvalue weighted by Crippen LogP contribution is -2.25. The molecule has 3 aromatic carbocycles. The number of rotatable bonds is 12. The summed E-state index contributed by atoms with van der Waals surface area (Å²) in [6, 6.07) is 25.4. The highest BCUT2D eigenvalue weighted by molar-refractivity contribution is 7.22. The molecular weight excluding hydrogens is 516 g/mol. The Bertz CT molecular complexity index is 1320. The summed E-state index contributed by atoms with van der Waals surface area (Å²) in [5, 5.41) is 1.31. The Morgan fingerprint density at radius 2 is 1.53 bits per heavy atom. The SMILES string of the molecule is Cl.NC(=O)CCCOc1ccc(Cc2c(-c3ccc(OCCN4CCCC4)cc3)sc3ccccc23)cc1. The normalized spacial score (nSPS) is 13.4. The molecule has 0 bridgehead atoms. The first kappa shape index (κ1) is 28.0. The van der Waals surface area contributed by atoms with Crippen LogP contribution in [0.3, 0.4) is 0 Å². The Labute approximate surface area is 235 Å². The zero-order chi connectivity index (χ0) is 25.5. The van der Waals surface area contributed by atoms with Gasteiger partial charge in [-0.15, -0.1) is 23.7 Å². The first-order valence-corrected chi connectivity index (χ1v) is 13.9. The van der Waals surface area contributed by atoms with E-state index in [1.165, 1.54) is 57.6 Å². The molecule has 2 heterocycles. The van der Waals surface area contributed by atoms with Crippen LogP contribution in [0.25, 0.3) is 20.5 Å². The molecule has 0 saturated carbocycles. The van der Waals surface area contributed by atoms with Gasteiger partial charge in [-0.25, -0.2) is 0 Å². The molecule has 2 N–H and O–H groups in total. The average molecular weight is 551 g/mol. The molecule has 7 heteroatoms. The molecule has 5 nitrogen and oxygen atoms in total. The number of ether oxygens (including phenoxy) is 2. The van der Waals surface area contributed by atoms with Crippen molar-refractivity contribution >= 4 is 39.7 Å². The van der Waals surface area contributed by atoms with E-state index >= 15 is 0 Å². The summed E-state index contributed by atoms with van der Waals surface area (Å²) < 4.78 is 13.1. The number of primary amides is 1. The average Bonchev–Trinajstić information content (AvgIpc) is 3.56. The number of nitrogens with zero attached hydrogens (tertiary/aromatic N) is 1. The third-order valence-corrected chi connectivity index (χ3v) is 8.09. The van der Waals surface area contributed by atoms with E-state index < -0.39 is 0 Å². The first-order chi connectivity index (χ1) is 18.2. The summed E-state index contributed by atoms with van der Waals surface area (Å²) in [5.74, 6) is 1.44. The van der Waals surface area contributed by atoms with Crippen molar-refractivity contribution in [1.82, 2.24) is 4.90 Å². The number of fused-ring (bicyclic) bond motifs is 1. The minimum atomic E-state index is -0.294. The number of likely N-dealkylation sites (tertiary alicyclic amines) is 1. The molecule has 1 amide bonds. The number of benzene rings is 3. The maximum Gasteiger partial charge on any atom is 0.217 e. The van der Waals surface area contributed by atoms with E-state index in [9.17, 15) is 4.79 Å². The Balaban J connectivity index is 0.00000336. The number of carbonyl (C=O) groups excluding carboxylic acids is 1. The van der Waals surface area contributed by atoms with Gasteiger partial charge in [0.1, 0.15) is 18.1 Å². The fourth-order valence-corrected chi connectivity index (χ4v) is 6.08. The van der Waals surface area contributed by atoms with Gasteiger partial charge >= 0.3 is 0 Å². The third-order valence-electron chi connectivity index (χ3n) is 6.83. The fourth-order valence-electron chi connectivity index (χ4n) is 4.85. The molecule has 1 saturated heterocycles.